The molecule has 1 rings (SSSR count). The van der Waals surface area contributed by atoms with E-state index in [9.17, 15) is 4.79 Å². The van der Waals surface area contributed by atoms with Gasteiger partial charge in [0.1, 0.15) is 11.9 Å². The van der Waals surface area contributed by atoms with E-state index in [1.54, 1.807) is 6.20 Å². The van der Waals surface area contributed by atoms with Gasteiger partial charge in [-0.25, -0.2) is 14.8 Å². The minimum absolute atomic E-state index is 0.178. The van der Waals surface area contributed by atoms with Crippen LogP contribution in [0.1, 0.15) is 39.8 Å². The third-order valence-corrected chi connectivity index (χ3v) is 2.60. The molecule has 0 saturated carbocycles. The van der Waals surface area contributed by atoms with Crippen LogP contribution < -0.4 is 10.6 Å². The van der Waals surface area contributed by atoms with Crippen molar-refractivity contribution in [3.8, 4) is 0 Å². The molecule has 0 aromatic carbocycles. The summed E-state index contributed by atoms with van der Waals surface area (Å²) >= 11 is 0. The second kappa shape index (κ2) is 7.79. The minimum atomic E-state index is -0.472. The molecule has 112 valence electrons. The van der Waals surface area contributed by atoms with Gasteiger partial charge in [0, 0.05) is 25.3 Å². The number of nitrogens with zero attached hydrogens (tertiary/aromatic N) is 2. The van der Waals surface area contributed by atoms with Crippen LogP contribution in [0.4, 0.5) is 4.79 Å². The first-order valence-electron chi connectivity index (χ1n) is 6.86. The summed E-state index contributed by atoms with van der Waals surface area (Å²) in [6, 6.07) is 2.04. The summed E-state index contributed by atoms with van der Waals surface area (Å²) in [5, 5.41) is 6.11. The predicted octanol–water partition coefficient (Wildman–Crippen LogP) is 1.87. The topological polar surface area (TPSA) is 76.1 Å². The van der Waals surface area contributed by atoms with Gasteiger partial charge in [-0.3, -0.25) is 0 Å². The van der Waals surface area contributed by atoms with Gasteiger partial charge in [0.15, 0.2) is 0 Å². The van der Waals surface area contributed by atoms with Crippen molar-refractivity contribution in [3.05, 3.63) is 24.3 Å². The maximum absolute atomic E-state index is 11.6. The second-order valence-corrected chi connectivity index (χ2v) is 5.57. The summed E-state index contributed by atoms with van der Waals surface area (Å²) in [7, 11) is 0. The number of amides is 1. The zero-order valence-electron chi connectivity index (χ0n) is 12.6. The number of hydrogen-bond acceptors (Lipinski definition) is 5. The number of alkyl carbamates (subject to hydrolysis) is 1. The number of rotatable bonds is 6. The first kappa shape index (κ1) is 16.4. The summed E-state index contributed by atoms with van der Waals surface area (Å²) in [5.41, 5.74) is 0.455. The summed E-state index contributed by atoms with van der Waals surface area (Å²) in [6.45, 7) is 8.77. The molecule has 0 radical (unpaired) electrons. The number of nitrogens with one attached hydrogen (secondary N) is 2. The highest BCUT2D eigenvalue weighted by molar-refractivity contribution is 5.67. The van der Waals surface area contributed by atoms with Crippen molar-refractivity contribution in [2.45, 2.75) is 52.3 Å². The Balaban J connectivity index is 2.31. The van der Waals surface area contributed by atoms with E-state index in [1.807, 2.05) is 26.8 Å². The standard InChI is InChI=1S/C14H24N4O2/c1-5-11(8-17-13(19)20-14(2,3)4)16-9-12-6-7-15-10-18-12/h6-7,10-11,16H,5,8-9H2,1-4H3,(H,17,19). The van der Waals surface area contributed by atoms with E-state index in [-0.39, 0.29) is 12.1 Å². The van der Waals surface area contributed by atoms with Crippen molar-refractivity contribution in [1.29, 1.82) is 0 Å². The third kappa shape index (κ3) is 7.04. The molecule has 20 heavy (non-hydrogen) atoms. The van der Waals surface area contributed by atoms with Crippen LogP contribution in [0.2, 0.25) is 0 Å². The van der Waals surface area contributed by atoms with E-state index in [0.29, 0.717) is 13.1 Å². The lowest BCUT2D eigenvalue weighted by Crippen LogP contribution is -2.42. The maximum atomic E-state index is 11.6. The zero-order valence-corrected chi connectivity index (χ0v) is 12.6. The normalized spacial score (nSPS) is 12.8. The maximum Gasteiger partial charge on any atom is 0.407 e. The second-order valence-electron chi connectivity index (χ2n) is 5.57. The van der Waals surface area contributed by atoms with Crippen LogP contribution >= 0.6 is 0 Å². The van der Waals surface area contributed by atoms with E-state index < -0.39 is 5.60 Å². The number of carbonyl (C=O) groups is 1. The van der Waals surface area contributed by atoms with Crippen LogP contribution in [0, 0.1) is 0 Å². The molecule has 0 bridgehead atoms. The highest BCUT2D eigenvalue weighted by Gasteiger charge is 2.16. The molecule has 1 aromatic rings. The largest absolute Gasteiger partial charge is 0.444 e. The molecule has 0 aliphatic carbocycles. The van der Waals surface area contributed by atoms with Crippen molar-refractivity contribution < 1.29 is 9.53 Å². The highest BCUT2D eigenvalue weighted by Crippen LogP contribution is 2.06. The molecule has 0 spiro atoms. The zero-order chi connectivity index (χ0) is 15.0. The molecule has 1 unspecified atom stereocenters. The first-order valence-corrected chi connectivity index (χ1v) is 6.86. The molecule has 6 nitrogen and oxygen atoms in total. The molecule has 0 aliphatic heterocycles. The fourth-order valence-electron chi connectivity index (χ4n) is 1.55. The summed E-state index contributed by atoms with van der Waals surface area (Å²) < 4.78 is 5.20. The SMILES string of the molecule is CCC(CNC(=O)OC(C)(C)C)NCc1ccncn1. The van der Waals surface area contributed by atoms with Crippen molar-refractivity contribution in [1.82, 2.24) is 20.6 Å². The Morgan fingerprint density at radius 3 is 2.75 bits per heavy atom. The minimum Gasteiger partial charge on any atom is -0.444 e. The van der Waals surface area contributed by atoms with Crippen LogP contribution in [0.3, 0.4) is 0 Å². The summed E-state index contributed by atoms with van der Waals surface area (Å²) in [4.78, 5) is 19.6. The molecule has 0 aliphatic rings. The average Bonchev–Trinajstić information content (AvgIpc) is 2.38. The van der Waals surface area contributed by atoms with Crippen molar-refractivity contribution in [3.63, 3.8) is 0 Å². The lowest BCUT2D eigenvalue weighted by atomic mass is 10.2. The Morgan fingerprint density at radius 2 is 2.20 bits per heavy atom. The number of carbonyl (C=O) groups excluding carboxylic acids is 1. The fourth-order valence-corrected chi connectivity index (χ4v) is 1.55. The van der Waals surface area contributed by atoms with Crippen molar-refractivity contribution >= 4 is 6.09 Å². The summed E-state index contributed by atoms with van der Waals surface area (Å²) in [5.74, 6) is 0. The smallest absolute Gasteiger partial charge is 0.407 e. The van der Waals surface area contributed by atoms with Crippen LogP contribution in [0.15, 0.2) is 18.6 Å². The Kier molecular flexibility index (Phi) is 6.38. The monoisotopic (exact) mass is 280 g/mol. The number of hydrogen-bond donors (Lipinski definition) is 2. The molecule has 1 atom stereocenters. The van der Waals surface area contributed by atoms with E-state index in [0.717, 1.165) is 12.1 Å². The van der Waals surface area contributed by atoms with Gasteiger partial charge in [0.2, 0.25) is 0 Å². The van der Waals surface area contributed by atoms with Gasteiger partial charge in [0.25, 0.3) is 0 Å². The molecule has 1 amide bonds. The molecule has 0 fully saturated rings. The quantitative estimate of drug-likeness (QED) is 0.832. The van der Waals surface area contributed by atoms with Crippen molar-refractivity contribution in [2.75, 3.05) is 6.54 Å². The Morgan fingerprint density at radius 1 is 1.45 bits per heavy atom. The van der Waals surface area contributed by atoms with E-state index in [1.165, 1.54) is 6.33 Å². The lowest BCUT2D eigenvalue weighted by molar-refractivity contribution is 0.0522. The first-order chi connectivity index (χ1) is 9.40. The molecule has 2 N–H and O–H groups in total. The number of aromatic nitrogens is 2. The van der Waals surface area contributed by atoms with Crippen LogP contribution in [0.5, 0.6) is 0 Å². The molecule has 1 aromatic heterocycles. The van der Waals surface area contributed by atoms with E-state index in [2.05, 4.69) is 27.5 Å². The van der Waals surface area contributed by atoms with Gasteiger partial charge in [-0.05, 0) is 33.3 Å². The van der Waals surface area contributed by atoms with Gasteiger partial charge in [0.05, 0.1) is 5.69 Å². The summed E-state index contributed by atoms with van der Waals surface area (Å²) in [6.07, 6.45) is 3.75. The van der Waals surface area contributed by atoms with Gasteiger partial charge in [-0.2, -0.15) is 0 Å². The van der Waals surface area contributed by atoms with Gasteiger partial charge < -0.3 is 15.4 Å². The van der Waals surface area contributed by atoms with Gasteiger partial charge in [-0.15, -0.1) is 0 Å². The lowest BCUT2D eigenvalue weighted by Gasteiger charge is -2.22. The van der Waals surface area contributed by atoms with Crippen LogP contribution in [-0.2, 0) is 11.3 Å². The van der Waals surface area contributed by atoms with E-state index in [4.69, 9.17) is 4.74 Å². The van der Waals surface area contributed by atoms with Gasteiger partial charge >= 0.3 is 6.09 Å². The Bertz CT molecular complexity index is 403. The molecule has 6 heteroatoms. The molecule has 1 heterocycles. The fraction of sp³-hybridized carbons (Fsp3) is 0.643. The third-order valence-electron chi connectivity index (χ3n) is 2.60. The number of ether oxygens (including phenoxy) is 1. The van der Waals surface area contributed by atoms with Crippen molar-refractivity contribution in [2.24, 2.45) is 0 Å². The van der Waals surface area contributed by atoms with Crippen LogP contribution in [0.25, 0.3) is 0 Å². The Hall–Kier alpha value is -1.69. The van der Waals surface area contributed by atoms with E-state index >= 15 is 0 Å². The molecular formula is C14H24N4O2. The average molecular weight is 280 g/mol. The molecule has 0 saturated heterocycles. The predicted molar refractivity (Wildman–Crippen MR) is 77.2 cm³/mol. The molecular weight excluding hydrogens is 256 g/mol. The van der Waals surface area contributed by atoms with Crippen LogP contribution in [-0.4, -0.2) is 34.2 Å². The van der Waals surface area contributed by atoms with Gasteiger partial charge in [-0.1, -0.05) is 6.92 Å². The Labute approximate surface area is 120 Å². The highest BCUT2D eigenvalue weighted by atomic mass is 16.6.